The number of carbonyl (C=O) groups is 1. The highest BCUT2D eigenvalue weighted by Gasteiger charge is 2.11. The van der Waals surface area contributed by atoms with Crippen LogP contribution in [0.25, 0.3) is 0 Å². The number of rotatable bonds is 8. The van der Waals surface area contributed by atoms with Gasteiger partial charge in [0.2, 0.25) is 0 Å². The van der Waals surface area contributed by atoms with Gasteiger partial charge in [-0.25, -0.2) is 4.98 Å². The van der Waals surface area contributed by atoms with Crippen LogP contribution in [0.1, 0.15) is 21.6 Å². The number of amides is 1. The van der Waals surface area contributed by atoms with Gasteiger partial charge in [0.15, 0.2) is 0 Å². The first kappa shape index (κ1) is 19.5. The molecule has 0 radical (unpaired) electrons. The Morgan fingerprint density at radius 3 is 2.54 bits per heavy atom. The minimum Gasteiger partial charge on any atom is -0.396 e. The molecule has 2 aromatic heterocycles. The summed E-state index contributed by atoms with van der Waals surface area (Å²) in [5.41, 5.74) is 3.31. The van der Waals surface area contributed by atoms with Crippen LogP contribution in [0.4, 0.5) is 11.5 Å². The highest BCUT2D eigenvalue weighted by atomic mass is 16.3. The van der Waals surface area contributed by atoms with Crippen LogP contribution in [-0.4, -0.2) is 34.1 Å². The van der Waals surface area contributed by atoms with Gasteiger partial charge >= 0.3 is 0 Å². The third-order valence-electron chi connectivity index (χ3n) is 4.39. The van der Waals surface area contributed by atoms with Gasteiger partial charge in [-0.05, 0) is 49.7 Å². The van der Waals surface area contributed by atoms with Crippen molar-refractivity contribution in [2.75, 3.05) is 23.8 Å². The van der Waals surface area contributed by atoms with E-state index < -0.39 is 0 Å². The first-order valence-electron chi connectivity index (χ1n) is 9.23. The molecule has 0 fully saturated rings. The van der Waals surface area contributed by atoms with Crippen LogP contribution in [0.2, 0.25) is 0 Å². The number of aromatic nitrogens is 2. The number of benzene rings is 1. The summed E-state index contributed by atoms with van der Waals surface area (Å²) in [6, 6.07) is 16.9. The van der Waals surface area contributed by atoms with Crippen molar-refractivity contribution in [3.63, 3.8) is 0 Å². The van der Waals surface area contributed by atoms with Crippen molar-refractivity contribution in [2.45, 2.75) is 13.3 Å². The largest absolute Gasteiger partial charge is 0.396 e. The Balaban J connectivity index is 1.53. The molecule has 1 aromatic carbocycles. The monoisotopic (exact) mass is 376 g/mol. The number of aryl methyl sites for hydroxylation is 1. The summed E-state index contributed by atoms with van der Waals surface area (Å²) in [5, 5.41) is 15.7. The highest BCUT2D eigenvalue weighted by molar-refractivity contribution is 6.04. The Kier molecular flexibility index (Phi) is 6.70. The zero-order chi connectivity index (χ0) is 19.8. The molecule has 0 saturated carbocycles. The van der Waals surface area contributed by atoms with Crippen LogP contribution in [0.15, 0.2) is 67.0 Å². The number of aliphatic hydroxyl groups is 1. The summed E-state index contributed by atoms with van der Waals surface area (Å²) in [6.45, 7) is 2.62. The van der Waals surface area contributed by atoms with Gasteiger partial charge in [-0.1, -0.05) is 23.8 Å². The summed E-state index contributed by atoms with van der Waals surface area (Å²) < 4.78 is 0. The molecule has 0 bridgehead atoms. The Labute approximate surface area is 164 Å². The predicted molar refractivity (Wildman–Crippen MR) is 110 cm³/mol. The first-order valence-corrected chi connectivity index (χ1v) is 9.23. The third kappa shape index (κ3) is 5.62. The average Bonchev–Trinajstić information content (AvgIpc) is 2.74. The number of hydrogen-bond acceptors (Lipinski definition) is 5. The molecule has 144 valence electrons. The van der Waals surface area contributed by atoms with Gasteiger partial charge in [0.1, 0.15) is 5.82 Å². The van der Waals surface area contributed by atoms with Gasteiger partial charge in [-0.15, -0.1) is 0 Å². The van der Waals surface area contributed by atoms with Crippen LogP contribution in [-0.2, 0) is 6.42 Å². The van der Waals surface area contributed by atoms with E-state index in [2.05, 4.69) is 20.6 Å². The van der Waals surface area contributed by atoms with E-state index in [1.165, 1.54) is 0 Å². The first-order chi connectivity index (χ1) is 13.6. The summed E-state index contributed by atoms with van der Waals surface area (Å²) in [7, 11) is 0. The average molecular weight is 376 g/mol. The topological polar surface area (TPSA) is 87.1 Å². The van der Waals surface area contributed by atoms with Crippen molar-refractivity contribution in [1.82, 2.24) is 9.97 Å². The Morgan fingerprint density at radius 2 is 1.89 bits per heavy atom. The molecule has 6 heteroatoms. The third-order valence-corrected chi connectivity index (χ3v) is 4.39. The van der Waals surface area contributed by atoms with Crippen molar-refractivity contribution in [3.05, 3.63) is 83.8 Å². The number of anilines is 2. The number of carbonyl (C=O) groups excluding carboxylic acids is 1. The molecular formula is C22H24N4O2. The lowest BCUT2D eigenvalue weighted by molar-refractivity contribution is 0.102. The smallest absolute Gasteiger partial charge is 0.257 e. The fourth-order valence-electron chi connectivity index (χ4n) is 2.74. The van der Waals surface area contributed by atoms with Gasteiger partial charge < -0.3 is 15.7 Å². The summed E-state index contributed by atoms with van der Waals surface area (Å²) >= 11 is 0. The standard InChI is InChI=1S/C22H24N4O2/c1-16-5-8-19(9-6-16)26-22(28)18-7-10-21(25-14-18)24-13-17(15-27)12-20-4-2-3-11-23-20/h2-11,14,17,27H,12-13,15H2,1H3,(H,24,25)(H,26,28). The SMILES string of the molecule is Cc1ccc(NC(=O)c2ccc(NCC(CO)Cc3ccccn3)nc2)cc1. The predicted octanol–water partition coefficient (Wildman–Crippen LogP) is 3.30. The molecular weight excluding hydrogens is 352 g/mol. The molecule has 0 aliphatic heterocycles. The van der Waals surface area contributed by atoms with Crippen LogP contribution >= 0.6 is 0 Å². The maximum Gasteiger partial charge on any atom is 0.257 e. The van der Waals surface area contributed by atoms with Gasteiger partial charge in [0, 0.05) is 42.8 Å². The molecule has 1 atom stereocenters. The van der Waals surface area contributed by atoms with Crippen molar-refractivity contribution in [3.8, 4) is 0 Å². The molecule has 1 unspecified atom stereocenters. The van der Waals surface area contributed by atoms with E-state index >= 15 is 0 Å². The van der Waals surface area contributed by atoms with E-state index in [9.17, 15) is 9.90 Å². The second kappa shape index (κ2) is 9.62. The molecule has 0 saturated heterocycles. The number of nitrogens with one attached hydrogen (secondary N) is 2. The zero-order valence-corrected chi connectivity index (χ0v) is 15.8. The van der Waals surface area contributed by atoms with Crippen LogP contribution in [0, 0.1) is 12.8 Å². The Bertz CT molecular complexity index is 881. The summed E-state index contributed by atoms with van der Waals surface area (Å²) in [5.74, 6) is 0.485. The molecule has 0 aliphatic carbocycles. The van der Waals surface area contributed by atoms with E-state index in [1.807, 2.05) is 49.4 Å². The maximum absolute atomic E-state index is 12.3. The quantitative estimate of drug-likeness (QED) is 0.561. The van der Waals surface area contributed by atoms with Gasteiger partial charge in [0.25, 0.3) is 5.91 Å². The molecule has 28 heavy (non-hydrogen) atoms. The van der Waals surface area contributed by atoms with E-state index in [0.717, 1.165) is 16.9 Å². The van der Waals surface area contributed by atoms with E-state index in [1.54, 1.807) is 24.5 Å². The van der Waals surface area contributed by atoms with Crippen molar-refractivity contribution in [2.24, 2.45) is 5.92 Å². The molecule has 3 N–H and O–H groups in total. The van der Waals surface area contributed by atoms with Gasteiger partial charge in [0.05, 0.1) is 5.56 Å². The maximum atomic E-state index is 12.3. The number of aliphatic hydroxyl groups excluding tert-OH is 1. The van der Waals surface area contributed by atoms with Gasteiger partial charge in [-0.2, -0.15) is 0 Å². The van der Waals surface area contributed by atoms with E-state index in [-0.39, 0.29) is 18.4 Å². The summed E-state index contributed by atoms with van der Waals surface area (Å²) in [4.78, 5) is 20.9. The molecule has 0 aliphatic rings. The minimum atomic E-state index is -0.203. The normalized spacial score (nSPS) is 11.6. The van der Waals surface area contributed by atoms with Crippen molar-refractivity contribution >= 4 is 17.4 Å². The van der Waals surface area contributed by atoms with Crippen LogP contribution in [0.5, 0.6) is 0 Å². The van der Waals surface area contributed by atoms with Crippen LogP contribution < -0.4 is 10.6 Å². The molecule has 3 aromatic rings. The lowest BCUT2D eigenvalue weighted by Crippen LogP contribution is -2.21. The molecule has 3 rings (SSSR count). The lowest BCUT2D eigenvalue weighted by atomic mass is 10.0. The van der Waals surface area contributed by atoms with Crippen molar-refractivity contribution < 1.29 is 9.90 Å². The summed E-state index contributed by atoms with van der Waals surface area (Å²) in [6.07, 6.45) is 3.97. The molecule has 1 amide bonds. The van der Waals surface area contributed by atoms with E-state index in [4.69, 9.17) is 0 Å². The minimum absolute atomic E-state index is 0.0289. The highest BCUT2D eigenvalue weighted by Crippen LogP contribution is 2.13. The van der Waals surface area contributed by atoms with Gasteiger partial charge in [-0.3, -0.25) is 9.78 Å². The zero-order valence-electron chi connectivity index (χ0n) is 15.8. The fourth-order valence-corrected chi connectivity index (χ4v) is 2.74. The second-order valence-electron chi connectivity index (χ2n) is 6.71. The molecule has 2 heterocycles. The number of nitrogens with zero attached hydrogens (tertiary/aromatic N) is 2. The van der Waals surface area contributed by atoms with Crippen LogP contribution in [0.3, 0.4) is 0 Å². The Hall–Kier alpha value is -3.25. The Morgan fingerprint density at radius 1 is 1.07 bits per heavy atom. The number of pyridine rings is 2. The molecule has 0 spiro atoms. The van der Waals surface area contributed by atoms with E-state index in [0.29, 0.717) is 24.3 Å². The second-order valence-corrected chi connectivity index (χ2v) is 6.71. The lowest BCUT2D eigenvalue weighted by Gasteiger charge is -2.15. The number of hydrogen-bond donors (Lipinski definition) is 3. The fraction of sp³-hybridized carbons (Fsp3) is 0.227. The molecule has 6 nitrogen and oxygen atoms in total. The van der Waals surface area contributed by atoms with Crippen molar-refractivity contribution in [1.29, 1.82) is 0 Å².